The van der Waals surface area contributed by atoms with Gasteiger partial charge in [-0.1, -0.05) is 6.07 Å². The third-order valence-corrected chi connectivity index (χ3v) is 3.47. The van der Waals surface area contributed by atoms with Crippen LogP contribution in [0, 0.1) is 5.82 Å². The van der Waals surface area contributed by atoms with E-state index in [9.17, 15) is 9.50 Å². The number of aliphatic hydroxyl groups is 1. The second-order valence-corrected chi connectivity index (χ2v) is 4.89. The van der Waals surface area contributed by atoms with E-state index in [1.54, 1.807) is 6.07 Å². The smallest absolute Gasteiger partial charge is 0.131 e. The van der Waals surface area contributed by atoms with Crippen LogP contribution < -0.4 is 5.32 Å². The van der Waals surface area contributed by atoms with Gasteiger partial charge in [0.15, 0.2) is 0 Å². The van der Waals surface area contributed by atoms with Crippen molar-refractivity contribution in [2.24, 2.45) is 0 Å². The standard InChI is InChI=1S/C13H18FNO2/c1-9(15-8-13(17)5-2-6-13)11-4-3-10(16)7-12(11)14/h3-4,7,9,15-17H,2,5-6,8H2,1H3. The zero-order chi connectivity index (χ0) is 12.5. The summed E-state index contributed by atoms with van der Waals surface area (Å²) in [6, 6.07) is 3.95. The van der Waals surface area contributed by atoms with E-state index in [0.717, 1.165) is 25.3 Å². The van der Waals surface area contributed by atoms with Crippen molar-refractivity contribution in [1.29, 1.82) is 0 Å². The molecule has 0 bridgehead atoms. The molecule has 94 valence electrons. The maximum absolute atomic E-state index is 13.6. The number of hydrogen-bond donors (Lipinski definition) is 3. The Hall–Kier alpha value is -1.13. The summed E-state index contributed by atoms with van der Waals surface area (Å²) in [4.78, 5) is 0. The number of phenolic OH excluding ortho intramolecular Hbond substituents is 1. The SMILES string of the molecule is CC(NCC1(O)CCC1)c1ccc(O)cc1F. The average molecular weight is 239 g/mol. The third kappa shape index (κ3) is 2.76. The molecule has 1 saturated carbocycles. The molecule has 0 aromatic heterocycles. The molecule has 17 heavy (non-hydrogen) atoms. The molecule has 4 heteroatoms. The molecule has 1 atom stereocenters. The van der Waals surface area contributed by atoms with Crippen LogP contribution >= 0.6 is 0 Å². The summed E-state index contributed by atoms with van der Waals surface area (Å²) < 4.78 is 13.6. The second-order valence-electron chi connectivity index (χ2n) is 4.89. The highest BCUT2D eigenvalue weighted by molar-refractivity contribution is 5.29. The highest BCUT2D eigenvalue weighted by atomic mass is 19.1. The number of benzene rings is 1. The highest BCUT2D eigenvalue weighted by Gasteiger charge is 2.34. The van der Waals surface area contributed by atoms with Gasteiger partial charge < -0.3 is 15.5 Å². The summed E-state index contributed by atoms with van der Waals surface area (Å²) in [5.74, 6) is -0.498. The number of aromatic hydroxyl groups is 1. The fraction of sp³-hybridized carbons (Fsp3) is 0.538. The number of halogens is 1. The van der Waals surface area contributed by atoms with Gasteiger partial charge in [-0.05, 0) is 32.3 Å². The minimum Gasteiger partial charge on any atom is -0.508 e. The van der Waals surface area contributed by atoms with Crippen LogP contribution in [0.5, 0.6) is 5.75 Å². The maximum atomic E-state index is 13.6. The molecule has 1 aliphatic carbocycles. The summed E-state index contributed by atoms with van der Waals surface area (Å²) in [5, 5.41) is 22.2. The molecule has 1 fully saturated rings. The maximum Gasteiger partial charge on any atom is 0.131 e. The molecule has 0 radical (unpaired) electrons. The number of nitrogens with one attached hydrogen (secondary N) is 1. The zero-order valence-electron chi connectivity index (χ0n) is 9.91. The Morgan fingerprint density at radius 2 is 2.18 bits per heavy atom. The average Bonchev–Trinajstić information content (AvgIpc) is 2.23. The quantitative estimate of drug-likeness (QED) is 0.754. The van der Waals surface area contributed by atoms with Crippen LogP contribution in [0.4, 0.5) is 4.39 Å². The first-order valence-corrected chi connectivity index (χ1v) is 5.94. The molecule has 0 amide bonds. The highest BCUT2D eigenvalue weighted by Crippen LogP contribution is 2.31. The lowest BCUT2D eigenvalue weighted by molar-refractivity contribution is -0.0330. The van der Waals surface area contributed by atoms with Crippen LogP contribution in [0.1, 0.15) is 37.8 Å². The van der Waals surface area contributed by atoms with Gasteiger partial charge in [-0.15, -0.1) is 0 Å². The van der Waals surface area contributed by atoms with E-state index in [4.69, 9.17) is 5.11 Å². The topological polar surface area (TPSA) is 52.5 Å². The van der Waals surface area contributed by atoms with Crippen molar-refractivity contribution in [3.63, 3.8) is 0 Å². The summed E-state index contributed by atoms with van der Waals surface area (Å²) >= 11 is 0. The molecule has 3 N–H and O–H groups in total. The molecule has 1 aromatic rings. The van der Waals surface area contributed by atoms with E-state index in [1.807, 2.05) is 6.92 Å². The van der Waals surface area contributed by atoms with Gasteiger partial charge in [0.05, 0.1) is 5.60 Å². The normalized spacial score (nSPS) is 19.7. The van der Waals surface area contributed by atoms with Crippen molar-refractivity contribution in [3.05, 3.63) is 29.6 Å². The third-order valence-electron chi connectivity index (χ3n) is 3.47. The van der Waals surface area contributed by atoms with E-state index >= 15 is 0 Å². The van der Waals surface area contributed by atoms with Gasteiger partial charge in [0, 0.05) is 24.2 Å². The molecule has 1 aromatic carbocycles. The second kappa shape index (κ2) is 4.63. The summed E-state index contributed by atoms with van der Waals surface area (Å²) in [7, 11) is 0. The summed E-state index contributed by atoms with van der Waals surface area (Å²) in [6.07, 6.45) is 2.68. The lowest BCUT2D eigenvalue weighted by atomic mass is 9.80. The van der Waals surface area contributed by atoms with Crippen molar-refractivity contribution < 1.29 is 14.6 Å². The molecule has 1 aliphatic rings. The van der Waals surface area contributed by atoms with Crippen molar-refractivity contribution in [1.82, 2.24) is 5.32 Å². The molecular formula is C13H18FNO2. The van der Waals surface area contributed by atoms with Crippen molar-refractivity contribution in [2.45, 2.75) is 37.8 Å². The Balaban J connectivity index is 1.96. The first kappa shape index (κ1) is 12.3. The van der Waals surface area contributed by atoms with E-state index in [1.165, 1.54) is 6.07 Å². The Bertz CT molecular complexity index is 404. The van der Waals surface area contributed by atoms with Crippen LogP contribution in [0.25, 0.3) is 0 Å². The van der Waals surface area contributed by atoms with Crippen LogP contribution in [-0.2, 0) is 0 Å². The summed E-state index contributed by atoms with van der Waals surface area (Å²) in [5.41, 5.74) is -0.104. The predicted octanol–water partition coefficient (Wildman–Crippen LogP) is 2.10. The van der Waals surface area contributed by atoms with Gasteiger partial charge in [0.25, 0.3) is 0 Å². The molecule has 0 saturated heterocycles. The molecule has 0 spiro atoms. The van der Waals surface area contributed by atoms with Crippen molar-refractivity contribution in [2.75, 3.05) is 6.54 Å². The van der Waals surface area contributed by atoms with E-state index in [-0.39, 0.29) is 11.8 Å². The fourth-order valence-electron chi connectivity index (χ4n) is 2.08. The van der Waals surface area contributed by atoms with Crippen LogP contribution in [-0.4, -0.2) is 22.4 Å². The Kier molecular flexibility index (Phi) is 3.35. The predicted molar refractivity (Wildman–Crippen MR) is 63.3 cm³/mol. The lowest BCUT2D eigenvalue weighted by Crippen LogP contribution is -2.46. The van der Waals surface area contributed by atoms with Gasteiger partial charge in [-0.25, -0.2) is 4.39 Å². The van der Waals surface area contributed by atoms with Crippen LogP contribution in [0.2, 0.25) is 0 Å². The Labute approximate surface area is 100 Å². The Morgan fingerprint density at radius 3 is 2.71 bits per heavy atom. The summed E-state index contributed by atoms with van der Waals surface area (Å²) in [6.45, 7) is 2.33. The Morgan fingerprint density at radius 1 is 1.47 bits per heavy atom. The number of phenols is 1. The monoisotopic (exact) mass is 239 g/mol. The molecule has 1 unspecified atom stereocenters. The minimum absolute atomic E-state index is 0.0731. The fourth-order valence-corrected chi connectivity index (χ4v) is 2.08. The number of hydrogen-bond acceptors (Lipinski definition) is 3. The minimum atomic E-state index is -0.609. The van der Waals surface area contributed by atoms with Gasteiger partial charge in [0.2, 0.25) is 0 Å². The van der Waals surface area contributed by atoms with E-state index in [2.05, 4.69) is 5.32 Å². The first-order valence-electron chi connectivity index (χ1n) is 5.94. The van der Waals surface area contributed by atoms with Gasteiger partial charge in [0.1, 0.15) is 11.6 Å². The molecule has 0 aliphatic heterocycles. The lowest BCUT2D eigenvalue weighted by Gasteiger charge is -2.37. The molecule has 3 nitrogen and oxygen atoms in total. The molecule has 0 heterocycles. The van der Waals surface area contributed by atoms with E-state index < -0.39 is 11.4 Å². The molecule has 2 rings (SSSR count). The van der Waals surface area contributed by atoms with Crippen molar-refractivity contribution >= 4 is 0 Å². The van der Waals surface area contributed by atoms with Gasteiger partial charge in [-0.2, -0.15) is 0 Å². The van der Waals surface area contributed by atoms with Crippen LogP contribution in [0.3, 0.4) is 0 Å². The van der Waals surface area contributed by atoms with E-state index in [0.29, 0.717) is 12.1 Å². The number of rotatable bonds is 4. The van der Waals surface area contributed by atoms with Gasteiger partial charge in [-0.3, -0.25) is 0 Å². The molecular weight excluding hydrogens is 221 g/mol. The van der Waals surface area contributed by atoms with Crippen LogP contribution in [0.15, 0.2) is 18.2 Å². The van der Waals surface area contributed by atoms with Crippen molar-refractivity contribution in [3.8, 4) is 5.75 Å². The largest absolute Gasteiger partial charge is 0.508 e. The first-order chi connectivity index (χ1) is 8.00. The zero-order valence-corrected chi connectivity index (χ0v) is 9.91. The van der Waals surface area contributed by atoms with Gasteiger partial charge >= 0.3 is 0 Å².